The lowest BCUT2D eigenvalue weighted by molar-refractivity contribution is 0.591. The number of hydrogen-bond donors (Lipinski definition) is 1. The van der Waals surface area contributed by atoms with Gasteiger partial charge in [-0.2, -0.15) is 0 Å². The van der Waals surface area contributed by atoms with Gasteiger partial charge in [0.15, 0.2) is 0 Å². The molecule has 0 saturated heterocycles. The largest absolute Gasteiger partial charge is 0.381 e. The summed E-state index contributed by atoms with van der Waals surface area (Å²) in [6.07, 6.45) is 0. The molecule has 0 aromatic heterocycles. The molecule has 2 heteroatoms. The molecule has 0 aliphatic heterocycles. The lowest BCUT2D eigenvalue weighted by Crippen LogP contribution is -2.14. The van der Waals surface area contributed by atoms with Crippen LogP contribution >= 0.6 is 11.6 Å². The molecule has 0 radical (unpaired) electrons. The molecular formula is C18H22ClN. The Hall–Kier alpha value is -1.47. The van der Waals surface area contributed by atoms with Crippen LogP contribution in [0.15, 0.2) is 42.5 Å². The second-order valence-electron chi connectivity index (χ2n) is 6.23. The molecule has 0 aliphatic rings. The molecule has 0 saturated carbocycles. The van der Waals surface area contributed by atoms with Gasteiger partial charge >= 0.3 is 0 Å². The minimum Gasteiger partial charge on any atom is -0.381 e. The van der Waals surface area contributed by atoms with Crippen molar-refractivity contribution >= 4 is 17.3 Å². The van der Waals surface area contributed by atoms with Crippen LogP contribution in [0.4, 0.5) is 5.69 Å². The first-order valence-corrected chi connectivity index (χ1v) is 7.34. The fourth-order valence-corrected chi connectivity index (χ4v) is 2.44. The van der Waals surface area contributed by atoms with Crippen molar-refractivity contribution in [1.82, 2.24) is 0 Å². The monoisotopic (exact) mass is 287 g/mol. The predicted molar refractivity (Wildman–Crippen MR) is 88.7 cm³/mol. The maximum atomic E-state index is 6.17. The van der Waals surface area contributed by atoms with E-state index in [-0.39, 0.29) is 5.41 Å². The number of rotatable bonds is 3. The highest BCUT2D eigenvalue weighted by atomic mass is 35.5. The Balaban J connectivity index is 2.17. The van der Waals surface area contributed by atoms with Crippen molar-refractivity contribution in [3.63, 3.8) is 0 Å². The Labute approximate surface area is 127 Å². The van der Waals surface area contributed by atoms with Gasteiger partial charge in [0.2, 0.25) is 0 Å². The summed E-state index contributed by atoms with van der Waals surface area (Å²) in [6.45, 7) is 9.50. The smallest absolute Gasteiger partial charge is 0.0438 e. The normalized spacial score (nSPS) is 11.4. The number of nitrogens with one attached hydrogen (secondary N) is 1. The number of para-hydroxylation sites is 1. The van der Waals surface area contributed by atoms with E-state index in [9.17, 15) is 0 Å². The van der Waals surface area contributed by atoms with Crippen molar-refractivity contribution < 1.29 is 0 Å². The van der Waals surface area contributed by atoms with E-state index in [1.165, 1.54) is 16.8 Å². The number of anilines is 1. The van der Waals surface area contributed by atoms with E-state index < -0.39 is 0 Å². The van der Waals surface area contributed by atoms with Crippen LogP contribution in [0.2, 0.25) is 5.02 Å². The number of halogens is 1. The summed E-state index contributed by atoms with van der Waals surface area (Å²) in [6, 6.07) is 14.7. The van der Waals surface area contributed by atoms with Gasteiger partial charge in [0, 0.05) is 17.3 Å². The van der Waals surface area contributed by atoms with Crippen LogP contribution < -0.4 is 5.32 Å². The van der Waals surface area contributed by atoms with E-state index in [0.29, 0.717) is 0 Å². The summed E-state index contributed by atoms with van der Waals surface area (Å²) in [5.41, 5.74) is 4.97. The first-order valence-electron chi connectivity index (χ1n) is 6.96. The van der Waals surface area contributed by atoms with E-state index in [0.717, 1.165) is 17.1 Å². The second kappa shape index (κ2) is 5.88. The van der Waals surface area contributed by atoms with E-state index in [1.807, 2.05) is 13.0 Å². The third-order valence-electron chi connectivity index (χ3n) is 3.45. The standard InChI is InChI=1S/C18H22ClN/c1-13-9-10-14(11-16(13)19)12-20-17-8-6-5-7-15(17)18(2,3)4/h5-11,20H,12H2,1-4H3. The van der Waals surface area contributed by atoms with Crippen molar-refractivity contribution in [3.8, 4) is 0 Å². The number of hydrogen-bond acceptors (Lipinski definition) is 1. The zero-order valence-electron chi connectivity index (χ0n) is 12.6. The molecule has 0 unspecified atom stereocenters. The van der Waals surface area contributed by atoms with Gasteiger partial charge in [-0.15, -0.1) is 0 Å². The SMILES string of the molecule is Cc1ccc(CNc2ccccc2C(C)(C)C)cc1Cl. The third-order valence-corrected chi connectivity index (χ3v) is 3.86. The maximum absolute atomic E-state index is 6.17. The molecule has 2 aromatic carbocycles. The highest BCUT2D eigenvalue weighted by Crippen LogP contribution is 2.29. The van der Waals surface area contributed by atoms with Crippen molar-refractivity contribution in [2.75, 3.05) is 5.32 Å². The average Bonchev–Trinajstić information content (AvgIpc) is 2.39. The van der Waals surface area contributed by atoms with Crippen LogP contribution in [-0.2, 0) is 12.0 Å². The lowest BCUT2D eigenvalue weighted by Gasteiger charge is -2.23. The first-order chi connectivity index (χ1) is 9.38. The van der Waals surface area contributed by atoms with Crippen molar-refractivity contribution in [3.05, 3.63) is 64.2 Å². The Morgan fingerprint density at radius 1 is 1.05 bits per heavy atom. The Morgan fingerprint density at radius 3 is 2.40 bits per heavy atom. The van der Waals surface area contributed by atoms with Crippen molar-refractivity contribution in [1.29, 1.82) is 0 Å². The molecule has 106 valence electrons. The van der Waals surface area contributed by atoms with E-state index in [1.54, 1.807) is 0 Å². The summed E-state index contributed by atoms with van der Waals surface area (Å²) in [4.78, 5) is 0. The Bertz CT molecular complexity index is 597. The Morgan fingerprint density at radius 2 is 1.75 bits per heavy atom. The molecule has 2 rings (SSSR count). The number of benzene rings is 2. The number of aryl methyl sites for hydroxylation is 1. The van der Waals surface area contributed by atoms with Gasteiger partial charge in [-0.25, -0.2) is 0 Å². The zero-order chi connectivity index (χ0) is 14.8. The quantitative estimate of drug-likeness (QED) is 0.779. The van der Waals surface area contributed by atoms with Gasteiger partial charge in [-0.3, -0.25) is 0 Å². The molecule has 0 heterocycles. The molecule has 0 aliphatic carbocycles. The maximum Gasteiger partial charge on any atom is 0.0438 e. The zero-order valence-corrected chi connectivity index (χ0v) is 13.4. The van der Waals surface area contributed by atoms with E-state index >= 15 is 0 Å². The van der Waals surface area contributed by atoms with Gasteiger partial charge in [-0.05, 0) is 41.2 Å². The van der Waals surface area contributed by atoms with Crippen molar-refractivity contribution in [2.24, 2.45) is 0 Å². The molecule has 2 aromatic rings. The molecule has 0 amide bonds. The minimum absolute atomic E-state index is 0.133. The van der Waals surface area contributed by atoms with Gasteiger partial charge in [0.1, 0.15) is 0 Å². The van der Waals surface area contributed by atoms with Gasteiger partial charge < -0.3 is 5.32 Å². The van der Waals surface area contributed by atoms with Crippen LogP contribution in [0.5, 0.6) is 0 Å². The minimum atomic E-state index is 0.133. The summed E-state index contributed by atoms with van der Waals surface area (Å²) < 4.78 is 0. The fourth-order valence-electron chi connectivity index (χ4n) is 2.23. The van der Waals surface area contributed by atoms with Crippen LogP contribution in [0.3, 0.4) is 0 Å². The van der Waals surface area contributed by atoms with Gasteiger partial charge in [-0.1, -0.05) is 62.7 Å². The summed E-state index contributed by atoms with van der Waals surface area (Å²) in [7, 11) is 0. The summed E-state index contributed by atoms with van der Waals surface area (Å²) >= 11 is 6.17. The van der Waals surface area contributed by atoms with Crippen LogP contribution in [0, 0.1) is 6.92 Å². The summed E-state index contributed by atoms with van der Waals surface area (Å²) in [5, 5.41) is 4.35. The molecule has 1 N–H and O–H groups in total. The average molecular weight is 288 g/mol. The molecule has 20 heavy (non-hydrogen) atoms. The molecular weight excluding hydrogens is 266 g/mol. The molecule has 1 nitrogen and oxygen atoms in total. The summed E-state index contributed by atoms with van der Waals surface area (Å²) in [5.74, 6) is 0. The molecule has 0 spiro atoms. The molecule has 0 fully saturated rings. The van der Waals surface area contributed by atoms with Gasteiger partial charge in [0.25, 0.3) is 0 Å². The van der Waals surface area contributed by atoms with Crippen molar-refractivity contribution in [2.45, 2.75) is 39.7 Å². The van der Waals surface area contributed by atoms with Crippen LogP contribution in [0.1, 0.15) is 37.5 Å². The van der Waals surface area contributed by atoms with E-state index in [2.05, 4.69) is 62.5 Å². The first kappa shape index (κ1) is 14.9. The second-order valence-corrected chi connectivity index (χ2v) is 6.64. The Kier molecular flexibility index (Phi) is 4.39. The highest BCUT2D eigenvalue weighted by Gasteiger charge is 2.17. The fraction of sp³-hybridized carbons (Fsp3) is 0.333. The van der Waals surface area contributed by atoms with Gasteiger partial charge in [0.05, 0.1) is 0 Å². The topological polar surface area (TPSA) is 12.0 Å². The molecule has 0 atom stereocenters. The highest BCUT2D eigenvalue weighted by molar-refractivity contribution is 6.31. The van der Waals surface area contributed by atoms with Crippen LogP contribution in [0.25, 0.3) is 0 Å². The third kappa shape index (κ3) is 3.55. The van der Waals surface area contributed by atoms with Crippen LogP contribution in [-0.4, -0.2) is 0 Å². The molecule has 0 bridgehead atoms. The lowest BCUT2D eigenvalue weighted by atomic mass is 9.86. The van der Waals surface area contributed by atoms with E-state index in [4.69, 9.17) is 11.6 Å². The predicted octanol–water partition coefficient (Wildman–Crippen LogP) is 5.56.